The van der Waals surface area contributed by atoms with E-state index in [1.807, 2.05) is 66.9 Å². The predicted octanol–water partition coefficient (Wildman–Crippen LogP) is 2.56. The third kappa shape index (κ3) is 3.32. The topological polar surface area (TPSA) is 60.2 Å². The molecule has 0 radical (unpaired) electrons. The Bertz CT molecular complexity index is 698. The van der Waals surface area contributed by atoms with E-state index < -0.39 is 0 Å². The summed E-state index contributed by atoms with van der Waals surface area (Å²) in [5.74, 6) is 0.768. The molecule has 5 nitrogen and oxygen atoms in total. The number of hydrogen-bond acceptors (Lipinski definition) is 4. The van der Waals surface area contributed by atoms with Crippen molar-refractivity contribution in [2.45, 2.75) is 6.04 Å². The smallest absolute Gasteiger partial charge is 0.119 e. The molecular formula is C17H17N3O2. The first kappa shape index (κ1) is 14.3. The second kappa shape index (κ2) is 6.87. The number of ether oxygens (including phenoxy) is 1. The molecule has 3 aromatic rings. The van der Waals surface area contributed by atoms with Gasteiger partial charge in [-0.1, -0.05) is 53.7 Å². The fourth-order valence-electron chi connectivity index (χ4n) is 2.12. The third-order valence-corrected chi connectivity index (χ3v) is 3.35. The van der Waals surface area contributed by atoms with Crippen molar-refractivity contribution < 1.29 is 9.84 Å². The van der Waals surface area contributed by atoms with Gasteiger partial charge in [-0.15, -0.1) is 5.10 Å². The highest BCUT2D eigenvalue weighted by Gasteiger charge is 2.14. The molecule has 5 heteroatoms. The van der Waals surface area contributed by atoms with Crippen LogP contribution in [0.25, 0.3) is 11.3 Å². The van der Waals surface area contributed by atoms with Crippen molar-refractivity contribution in [3.05, 3.63) is 66.9 Å². The van der Waals surface area contributed by atoms with Gasteiger partial charge in [0.1, 0.15) is 24.1 Å². The number of para-hydroxylation sites is 1. The number of rotatable bonds is 6. The van der Waals surface area contributed by atoms with Crippen molar-refractivity contribution in [3.8, 4) is 17.0 Å². The van der Waals surface area contributed by atoms with Gasteiger partial charge in [-0.05, 0) is 12.1 Å². The van der Waals surface area contributed by atoms with Gasteiger partial charge in [0.05, 0.1) is 12.8 Å². The third-order valence-electron chi connectivity index (χ3n) is 3.35. The van der Waals surface area contributed by atoms with Crippen LogP contribution in [0, 0.1) is 0 Å². The van der Waals surface area contributed by atoms with Gasteiger partial charge in [0.25, 0.3) is 0 Å². The van der Waals surface area contributed by atoms with Gasteiger partial charge < -0.3 is 9.84 Å². The molecule has 0 saturated heterocycles. The summed E-state index contributed by atoms with van der Waals surface area (Å²) in [6.45, 7) is 0.266. The summed E-state index contributed by atoms with van der Waals surface area (Å²) in [7, 11) is 0. The minimum atomic E-state index is -0.273. The first-order valence-corrected chi connectivity index (χ1v) is 7.13. The Morgan fingerprint density at radius 3 is 2.36 bits per heavy atom. The summed E-state index contributed by atoms with van der Waals surface area (Å²) in [4.78, 5) is 0. The number of aliphatic hydroxyl groups excluding tert-OH is 1. The van der Waals surface area contributed by atoms with E-state index in [1.165, 1.54) is 0 Å². The highest BCUT2D eigenvalue weighted by Crippen LogP contribution is 2.18. The minimum Gasteiger partial charge on any atom is -0.491 e. The Balaban J connectivity index is 1.70. The summed E-state index contributed by atoms with van der Waals surface area (Å²) in [5, 5.41) is 17.8. The van der Waals surface area contributed by atoms with Crippen LogP contribution < -0.4 is 4.74 Å². The zero-order chi connectivity index (χ0) is 15.2. The van der Waals surface area contributed by atoms with Crippen LogP contribution in [0.4, 0.5) is 0 Å². The van der Waals surface area contributed by atoms with Gasteiger partial charge in [0, 0.05) is 5.56 Å². The molecule has 0 aliphatic rings. The van der Waals surface area contributed by atoms with Crippen LogP contribution in [0.2, 0.25) is 0 Å². The summed E-state index contributed by atoms with van der Waals surface area (Å²) in [5.41, 5.74) is 1.77. The lowest BCUT2D eigenvalue weighted by molar-refractivity contribution is 0.156. The van der Waals surface area contributed by atoms with E-state index >= 15 is 0 Å². The fourth-order valence-corrected chi connectivity index (χ4v) is 2.12. The van der Waals surface area contributed by atoms with E-state index in [2.05, 4.69) is 10.3 Å². The van der Waals surface area contributed by atoms with E-state index in [4.69, 9.17) is 4.74 Å². The van der Waals surface area contributed by atoms with Crippen LogP contribution in [0.15, 0.2) is 66.9 Å². The SMILES string of the molecule is OCC(COc1ccccc1)n1cc(-c2ccccc2)nn1. The summed E-state index contributed by atoms with van der Waals surface area (Å²) < 4.78 is 7.32. The van der Waals surface area contributed by atoms with Crippen molar-refractivity contribution >= 4 is 0 Å². The first-order chi connectivity index (χ1) is 10.9. The van der Waals surface area contributed by atoms with Crippen LogP contribution in [0.5, 0.6) is 5.75 Å². The highest BCUT2D eigenvalue weighted by atomic mass is 16.5. The molecule has 0 aliphatic heterocycles. The lowest BCUT2D eigenvalue weighted by Crippen LogP contribution is -2.21. The average Bonchev–Trinajstić information content (AvgIpc) is 3.07. The second-order valence-corrected chi connectivity index (χ2v) is 4.91. The van der Waals surface area contributed by atoms with Crippen molar-refractivity contribution in [1.29, 1.82) is 0 Å². The molecule has 0 fully saturated rings. The quantitative estimate of drug-likeness (QED) is 0.759. The normalized spacial score (nSPS) is 12.0. The molecule has 1 heterocycles. The number of aromatic nitrogens is 3. The van der Waals surface area contributed by atoms with Crippen LogP contribution in [-0.4, -0.2) is 33.3 Å². The van der Waals surface area contributed by atoms with E-state index in [9.17, 15) is 5.11 Å². The summed E-state index contributed by atoms with van der Waals surface area (Å²) in [6, 6.07) is 19.1. The van der Waals surface area contributed by atoms with Gasteiger partial charge in [0.15, 0.2) is 0 Å². The monoisotopic (exact) mass is 295 g/mol. The molecule has 3 rings (SSSR count). The minimum absolute atomic E-state index is 0.0651. The zero-order valence-corrected chi connectivity index (χ0v) is 12.0. The predicted molar refractivity (Wildman–Crippen MR) is 83.5 cm³/mol. The Hall–Kier alpha value is -2.66. The molecule has 112 valence electrons. The highest BCUT2D eigenvalue weighted by molar-refractivity contribution is 5.57. The fraction of sp³-hybridized carbons (Fsp3) is 0.176. The van der Waals surface area contributed by atoms with Crippen LogP contribution in [-0.2, 0) is 0 Å². The van der Waals surface area contributed by atoms with Gasteiger partial charge >= 0.3 is 0 Å². The Labute approximate surface area is 128 Å². The molecule has 0 aliphatic carbocycles. The van der Waals surface area contributed by atoms with Crippen molar-refractivity contribution in [2.24, 2.45) is 0 Å². The van der Waals surface area contributed by atoms with Crippen molar-refractivity contribution in [3.63, 3.8) is 0 Å². The Morgan fingerprint density at radius 1 is 1.00 bits per heavy atom. The van der Waals surface area contributed by atoms with Crippen LogP contribution >= 0.6 is 0 Å². The lowest BCUT2D eigenvalue weighted by Gasteiger charge is -2.15. The molecule has 22 heavy (non-hydrogen) atoms. The molecule has 2 aromatic carbocycles. The molecule has 0 spiro atoms. The molecular weight excluding hydrogens is 278 g/mol. The van der Waals surface area contributed by atoms with Gasteiger partial charge in [0.2, 0.25) is 0 Å². The molecule has 0 amide bonds. The van der Waals surface area contributed by atoms with Gasteiger partial charge in [-0.3, -0.25) is 0 Å². The average molecular weight is 295 g/mol. The molecule has 1 unspecified atom stereocenters. The molecule has 1 aromatic heterocycles. The van der Waals surface area contributed by atoms with Gasteiger partial charge in [-0.25, -0.2) is 4.68 Å². The van der Waals surface area contributed by atoms with Crippen LogP contribution in [0.1, 0.15) is 6.04 Å². The molecule has 1 atom stereocenters. The Kier molecular flexibility index (Phi) is 4.46. The van der Waals surface area contributed by atoms with E-state index in [-0.39, 0.29) is 12.6 Å². The lowest BCUT2D eigenvalue weighted by atomic mass is 10.2. The maximum absolute atomic E-state index is 9.57. The molecule has 0 saturated carbocycles. The van der Waals surface area contributed by atoms with Crippen LogP contribution in [0.3, 0.4) is 0 Å². The second-order valence-electron chi connectivity index (χ2n) is 4.91. The number of benzene rings is 2. The van der Waals surface area contributed by atoms with Crippen molar-refractivity contribution in [1.82, 2.24) is 15.0 Å². The maximum Gasteiger partial charge on any atom is 0.119 e. The zero-order valence-electron chi connectivity index (χ0n) is 12.0. The van der Waals surface area contributed by atoms with Gasteiger partial charge in [-0.2, -0.15) is 0 Å². The number of nitrogens with zero attached hydrogens (tertiary/aromatic N) is 3. The van der Waals surface area contributed by atoms with E-state index in [1.54, 1.807) is 4.68 Å². The molecule has 1 N–H and O–H groups in total. The first-order valence-electron chi connectivity index (χ1n) is 7.13. The van der Waals surface area contributed by atoms with E-state index in [0.717, 1.165) is 17.0 Å². The van der Waals surface area contributed by atoms with E-state index in [0.29, 0.717) is 6.61 Å². The maximum atomic E-state index is 9.57. The largest absolute Gasteiger partial charge is 0.491 e. The standard InChI is InChI=1S/C17H17N3O2/c21-12-15(13-22-16-9-5-2-6-10-16)20-11-17(18-19-20)14-7-3-1-4-8-14/h1-11,15,21H,12-13H2. The molecule has 0 bridgehead atoms. The number of aliphatic hydroxyl groups is 1. The Morgan fingerprint density at radius 2 is 1.68 bits per heavy atom. The summed E-state index contributed by atoms with van der Waals surface area (Å²) >= 11 is 0. The summed E-state index contributed by atoms with van der Waals surface area (Å²) in [6.07, 6.45) is 1.82. The number of hydrogen-bond donors (Lipinski definition) is 1. The van der Waals surface area contributed by atoms with Crippen molar-refractivity contribution in [2.75, 3.05) is 13.2 Å².